The fourth-order valence-electron chi connectivity index (χ4n) is 2.62. The Bertz CT molecular complexity index is 315. The third kappa shape index (κ3) is 2.65. The van der Waals surface area contributed by atoms with Crippen molar-refractivity contribution in [1.82, 2.24) is 4.90 Å². The SMILES string of the molecule is CC(c1cccs1)N(C)CC1(N)CCCC1. The van der Waals surface area contributed by atoms with Crippen LogP contribution >= 0.6 is 11.3 Å². The van der Waals surface area contributed by atoms with E-state index >= 15 is 0 Å². The number of hydrogen-bond donors (Lipinski definition) is 1. The predicted molar refractivity (Wildman–Crippen MR) is 70.8 cm³/mol. The van der Waals surface area contributed by atoms with Gasteiger partial charge in [0, 0.05) is 23.0 Å². The van der Waals surface area contributed by atoms with Crippen LogP contribution in [0, 0.1) is 0 Å². The van der Waals surface area contributed by atoms with Crippen LogP contribution in [-0.2, 0) is 0 Å². The number of thiophene rings is 1. The molecular formula is C13H22N2S. The molecular weight excluding hydrogens is 216 g/mol. The number of likely N-dealkylation sites (N-methyl/N-ethyl adjacent to an activating group) is 1. The normalized spacial score (nSPS) is 21.5. The van der Waals surface area contributed by atoms with Crippen LogP contribution in [0.5, 0.6) is 0 Å². The molecule has 1 unspecified atom stereocenters. The maximum Gasteiger partial charge on any atom is 0.0411 e. The lowest BCUT2D eigenvalue weighted by molar-refractivity contribution is 0.202. The third-order valence-corrected chi connectivity index (χ3v) is 4.82. The third-order valence-electron chi connectivity index (χ3n) is 3.78. The van der Waals surface area contributed by atoms with E-state index in [0.717, 1.165) is 6.54 Å². The molecule has 1 saturated carbocycles. The molecule has 2 nitrogen and oxygen atoms in total. The lowest BCUT2D eigenvalue weighted by atomic mass is 9.98. The lowest BCUT2D eigenvalue weighted by Gasteiger charge is -2.33. The highest BCUT2D eigenvalue weighted by molar-refractivity contribution is 7.10. The van der Waals surface area contributed by atoms with Crippen molar-refractivity contribution in [3.63, 3.8) is 0 Å². The van der Waals surface area contributed by atoms with E-state index in [2.05, 4.69) is 36.4 Å². The van der Waals surface area contributed by atoms with Crippen LogP contribution in [0.1, 0.15) is 43.5 Å². The zero-order chi connectivity index (χ0) is 11.6. The maximum absolute atomic E-state index is 6.41. The molecule has 1 aromatic heterocycles. The fraction of sp³-hybridized carbons (Fsp3) is 0.692. The quantitative estimate of drug-likeness (QED) is 0.873. The second kappa shape index (κ2) is 4.86. The second-order valence-electron chi connectivity index (χ2n) is 5.18. The molecule has 0 bridgehead atoms. The van der Waals surface area contributed by atoms with Crippen LogP contribution < -0.4 is 5.73 Å². The summed E-state index contributed by atoms with van der Waals surface area (Å²) in [4.78, 5) is 3.83. The smallest absolute Gasteiger partial charge is 0.0411 e. The van der Waals surface area contributed by atoms with Crippen LogP contribution in [0.25, 0.3) is 0 Å². The van der Waals surface area contributed by atoms with Crippen LogP contribution in [0.15, 0.2) is 17.5 Å². The van der Waals surface area contributed by atoms with Crippen LogP contribution in [-0.4, -0.2) is 24.0 Å². The monoisotopic (exact) mass is 238 g/mol. The van der Waals surface area contributed by atoms with E-state index in [1.807, 2.05) is 11.3 Å². The predicted octanol–water partition coefficient (Wildman–Crippen LogP) is 3.01. The van der Waals surface area contributed by atoms with Crippen molar-refractivity contribution in [3.05, 3.63) is 22.4 Å². The summed E-state index contributed by atoms with van der Waals surface area (Å²) in [5.74, 6) is 0. The molecule has 2 N–H and O–H groups in total. The summed E-state index contributed by atoms with van der Waals surface area (Å²) in [6.07, 6.45) is 4.98. The van der Waals surface area contributed by atoms with Crippen molar-refractivity contribution < 1.29 is 0 Å². The first-order chi connectivity index (χ1) is 7.61. The van der Waals surface area contributed by atoms with E-state index < -0.39 is 0 Å². The van der Waals surface area contributed by atoms with E-state index in [4.69, 9.17) is 5.73 Å². The minimum atomic E-state index is 0.0697. The van der Waals surface area contributed by atoms with Gasteiger partial charge in [-0.3, -0.25) is 4.90 Å². The largest absolute Gasteiger partial charge is 0.324 e. The average Bonchev–Trinajstić information content (AvgIpc) is 2.87. The minimum absolute atomic E-state index is 0.0697. The van der Waals surface area contributed by atoms with Gasteiger partial charge >= 0.3 is 0 Å². The van der Waals surface area contributed by atoms with Gasteiger partial charge in [-0.2, -0.15) is 0 Å². The van der Waals surface area contributed by atoms with E-state index in [-0.39, 0.29) is 5.54 Å². The van der Waals surface area contributed by atoms with Crippen molar-refractivity contribution in [1.29, 1.82) is 0 Å². The van der Waals surface area contributed by atoms with Gasteiger partial charge in [0.25, 0.3) is 0 Å². The summed E-state index contributed by atoms with van der Waals surface area (Å²) >= 11 is 1.83. The first-order valence-corrected chi connectivity index (χ1v) is 7.01. The summed E-state index contributed by atoms with van der Waals surface area (Å²) in [7, 11) is 2.19. The molecule has 0 spiro atoms. The molecule has 90 valence electrons. The molecule has 0 amide bonds. The Hall–Kier alpha value is -0.380. The molecule has 1 aromatic rings. The molecule has 1 aliphatic rings. The molecule has 1 atom stereocenters. The number of hydrogen-bond acceptors (Lipinski definition) is 3. The molecule has 0 aliphatic heterocycles. The van der Waals surface area contributed by atoms with Crippen molar-refractivity contribution in [2.75, 3.05) is 13.6 Å². The van der Waals surface area contributed by atoms with Gasteiger partial charge < -0.3 is 5.73 Å². The molecule has 2 rings (SSSR count). The Labute approximate surface area is 102 Å². The lowest BCUT2D eigenvalue weighted by Crippen LogP contribution is -2.47. The fourth-order valence-corrected chi connectivity index (χ4v) is 3.47. The summed E-state index contributed by atoms with van der Waals surface area (Å²) in [6, 6.07) is 4.82. The molecule has 0 saturated heterocycles. The summed E-state index contributed by atoms with van der Waals surface area (Å²) in [6.45, 7) is 3.29. The molecule has 1 heterocycles. The van der Waals surface area contributed by atoms with E-state index in [1.54, 1.807) is 0 Å². The highest BCUT2D eigenvalue weighted by atomic mass is 32.1. The summed E-state index contributed by atoms with van der Waals surface area (Å²) in [5, 5.41) is 2.15. The van der Waals surface area contributed by atoms with Crippen molar-refractivity contribution in [3.8, 4) is 0 Å². The Morgan fingerprint density at radius 2 is 2.19 bits per heavy atom. The first kappa shape index (κ1) is 12.1. The topological polar surface area (TPSA) is 29.3 Å². The van der Waals surface area contributed by atoms with Crippen molar-refractivity contribution in [2.45, 2.75) is 44.2 Å². The van der Waals surface area contributed by atoms with Crippen LogP contribution in [0.2, 0.25) is 0 Å². The standard InChI is InChI=1S/C13H22N2S/c1-11(12-6-5-9-16-12)15(2)10-13(14)7-3-4-8-13/h5-6,9,11H,3-4,7-8,10,14H2,1-2H3. The van der Waals surface area contributed by atoms with E-state index in [1.165, 1.54) is 30.6 Å². The van der Waals surface area contributed by atoms with Gasteiger partial charge in [0.15, 0.2) is 0 Å². The Balaban J connectivity index is 1.95. The second-order valence-corrected chi connectivity index (χ2v) is 6.16. The van der Waals surface area contributed by atoms with Gasteiger partial charge in [-0.25, -0.2) is 0 Å². The molecule has 0 radical (unpaired) electrons. The van der Waals surface area contributed by atoms with Gasteiger partial charge in [0.05, 0.1) is 0 Å². The van der Waals surface area contributed by atoms with Crippen molar-refractivity contribution in [2.24, 2.45) is 5.73 Å². The Morgan fingerprint density at radius 3 is 2.75 bits per heavy atom. The average molecular weight is 238 g/mol. The minimum Gasteiger partial charge on any atom is -0.324 e. The maximum atomic E-state index is 6.41. The highest BCUT2D eigenvalue weighted by Crippen LogP contribution is 2.31. The number of nitrogens with zero attached hydrogens (tertiary/aromatic N) is 1. The Morgan fingerprint density at radius 1 is 1.50 bits per heavy atom. The van der Waals surface area contributed by atoms with Crippen molar-refractivity contribution >= 4 is 11.3 Å². The molecule has 3 heteroatoms. The molecule has 1 aliphatic carbocycles. The first-order valence-electron chi connectivity index (χ1n) is 6.13. The molecule has 1 fully saturated rings. The Kier molecular flexibility index (Phi) is 3.67. The number of nitrogens with two attached hydrogens (primary N) is 1. The zero-order valence-corrected chi connectivity index (χ0v) is 11.1. The summed E-state index contributed by atoms with van der Waals surface area (Å²) in [5.41, 5.74) is 6.48. The highest BCUT2D eigenvalue weighted by Gasteiger charge is 2.31. The van der Waals surface area contributed by atoms with Crippen LogP contribution in [0.4, 0.5) is 0 Å². The van der Waals surface area contributed by atoms with Gasteiger partial charge in [0.2, 0.25) is 0 Å². The zero-order valence-electron chi connectivity index (χ0n) is 10.3. The van der Waals surface area contributed by atoms with Crippen LogP contribution in [0.3, 0.4) is 0 Å². The van der Waals surface area contributed by atoms with Gasteiger partial charge in [0.1, 0.15) is 0 Å². The summed E-state index contributed by atoms with van der Waals surface area (Å²) < 4.78 is 0. The van der Waals surface area contributed by atoms with Gasteiger partial charge in [-0.05, 0) is 38.3 Å². The van der Waals surface area contributed by atoms with E-state index in [9.17, 15) is 0 Å². The number of rotatable bonds is 4. The van der Waals surface area contributed by atoms with E-state index in [0.29, 0.717) is 6.04 Å². The molecule has 0 aromatic carbocycles. The van der Waals surface area contributed by atoms with Gasteiger partial charge in [-0.1, -0.05) is 18.9 Å². The molecule has 16 heavy (non-hydrogen) atoms. The van der Waals surface area contributed by atoms with Gasteiger partial charge in [-0.15, -0.1) is 11.3 Å².